The fourth-order valence-corrected chi connectivity index (χ4v) is 3.79. The minimum atomic E-state index is -0.657. The van der Waals surface area contributed by atoms with Crippen molar-refractivity contribution in [3.8, 4) is 0 Å². The molecule has 0 aliphatic carbocycles. The maximum atomic E-state index is 14.8. The second-order valence-corrected chi connectivity index (χ2v) is 7.70. The maximum Gasteiger partial charge on any atom is 0.254 e. The summed E-state index contributed by atoms with van der Waals surface area (Å²) in [5.74, 6) is -1.62. The van der Waals surface area contributed by atoms with Crippen LogP contribution in [0.5, 0.6) is 0 Å². The number of aryl methyl sites for hydroxylation is 1. The predicted octanol–water partition coefficient (Wildman–Crippen LogP) is 4.33. The molecule has 1 unspecified atom stereocenters. The third-order valence-corrected chi connectivity index (χ3v) is 5.54. The molecule has 0 aliphatic rings. The van der Waals surface area contributed by atoms with Crippen molar-refractivity contribution >= 4 is 23.2 Å². The number of benzene rings is 2. The van der Waals surface area contributed by atoms with Crippen molar-refractivity contribution in [3.05, 3.63) is 104 Å². The Morgan fingerprint density at radius 2 is 1.97 bits per heavy atom. The van der Waals surface area contributed by atoms with Crippen LogP contribution in [0.3, 0.4) is 0 Å². The first-order valence-electron chi connectivity index (χ1n) is 10.1. The molecule has 0 spiro atoms. The highest BCUT2D eigenvalue weighted by Gasteiger charge is 2.23. The first-order valence-corrected chi connectivity index (χ1v) is 10.4. The van der Waals surface area contributed by atoms with E-state index in [9.17, 15) is 19.2 Å². The van der Waals surface area contributed by atoms with Crippen molar-refractivity contribution in [1.29, 1.82) is 0 Å². The number of hydrogen-bond donors (Lipinski definition) is 2. The number of aromatic nitrogens is 1. The lowest BCUT2D eigenvalue weighted by Gasteiger charge is -2.21. The Bertz CT molecular complexity index is 1220. The van der Waals surface area contributed by atoms with Gasteiger partial charge in [-0.15, -0.1) is 0 Å². The minimum absolute atomic E-state index is 0.0531. The maximum absolute atomic E-state index is 14.8. The number of nitrogens with zero attached hydrogens (tertiary/aromatic N) is 2. The summed E-state index contributed by atoms with van der Waals surface area (Å²) in [6.45, 7) is 2.14. The van der Waals surface area contributed by atoms with Gasteiger partial charge in [0.05, 0.1) is 11.3 Å². The molecule has 0 saturated carbocycles. The van der Waals surface area contributed by atoms with Gasteiger partial charge in [0.2, 0.25) is 5.56 Å². The highest BCUT2D eigenvalue weighted by Crippen LogP contribution is 2.34. The molecule has 1 atom stereocenters. The van der Waals surface area contributed by atoms with Crippen LogP contribution in [0.1, 0.15) is 46.3 Å². The normalized spacial score (nSPS) is 12.4. The second-order valence-electron chi connectivity index (χ2n) is 7.29. The van der Waals surface area contributed by atoms with Crippen LogP contribution in [-0.2, 0) is 7.05 Å². The molecular formula is C24H23ClFN3O3. The van der Waals surface area contributed by atoms with Gasteiger partial charge < -0.3 is 15.1 Å². The van der Waals surface area contributed by atoms with E-state index < -0.39 is 17.6 Å². The number of hydrogen-bond acceptors (Lipinski definition) is 4. The topological polar surface area (TPSA) is 83.7 Å². The van der Waals surface area contributed by atoms with E-state index in [0.29, 0.717) is 34.0 Å². The van der Waals surface area contributed by atoms with Crippen molar-refractivity contribution in [2.24, 2.45) is 12.2 Å². The summed E-state index contributed by atoms with van der Waals surface area (Å²) in [4.78, 5) is 23.8. The Morgan fingerprint density at radius 3 is 2.59 bits per heavy atom. The molecular weight excluding hydrogens is 433 g/mol. The molecule has 3 aromatic rings. The number of amides is 1. The fraction of sp³-hybridized carbons (Fsp3) is 0.208. The van der Waals surface area contributed by atoms with Gasteiger partial charge in [0.1, 0.15) is 5.82 Å². The van der Waals surface area contributed by atoms with Crippen molar-refractivity contribution in [1.82, 2.24) is 9.88 Å². The molecule has 1 heterocycles. The molecule has 6 nitrogen and oxygen atoms in total. The molecule has 0 saturated heterocycles. The third-order valence-electron chi connectivity index (χ3n) is 5.20. The van der Waals surface area contributed by atoms with Crippen LogP contribution in [-0.4, -0.2) is 27.9 Å². The van der Waals surface area contributed by atoms with Gasteiger partial charge in [0.25, 0.3) is 5.91 Å². The molecule has 2 aromatic carbocycles. The standard InChI is InChI=1S/C24H23ClFN3O3/c1-3-27-24(31)18-10-8-15(12-21(18)26)19(17-6-4-5-7-20(17)25)13-22(28-32)16-9-11-23(30)29(2)14-16/h4-12,14,19,32H,3,13H2,1-2H3,(H,27,31). The van der Waals surface area contributed by atoms with E-state index in [0.717, 1.165) is 0 Å². The largest absolute Gasteiger partial charge is 0.411 e. The van der Waals surface area contributed by atoms with E-state index in [1.54, 1.807) is 44.4 Å². The zero-order chi connectivity index (χ0) is 23.3. The van der Waals surface area contributed by atoms with Gasteiger partial charge in [0.15, 0.2) is 0 Å². The summed E-state index contributed by atoms with van der Waals surface area (Å²) < 4.78 is 16.2. The van der Waals surface area contributed by atoms with Gasteiger partial charge in [-0.2, -0.15) is 0 Å². The van der Waals surface area contributed by atoms with Crippen LogP contribution >= 0.6 is 11.6 Å². The summed E-state index contributed by atoms with van der Waals surface area (Å²) in [7, 11) is 1.60. The Kier molecular flexibility index (Phi) is 7.43. The average molecular weight is 456 g/mol. The van der Waals surface area contributed by atoms with E-state index in [1.165, 1.54) is 22.8 Å². The summed E-state index contributed by atoms with van der Waals surface area (Å²) in [5.41, 5.74) is 1.88. The van der Waals surface area contributed by atoms with Gasteiger partial charge in [-0.25, -0.2) is 4.39 Å². The van der Waals surface area contributed by atoms with Crippen molar-refractivity contribution < 1.29 is 14.4 Å². The average Bonchev–Trinajstić information content (AvgIpc) is 2.77. The van der Waals surface area contributed by atoms with E-state index in [2.05, 4.69) is 10.5 Å². The Labute approximate surface area is 190 Å². The number of carbonyl (C=O) groups is 1. The number of carbonyl (C=O) groups excluding carboxylic acids is 1. The molecule has 2 N–H and O–H groups in total. The van der Waals surface area contributed by atoms with E-state index in [1.807, 2.05) is 12.1 Å². The first-order chi connectivity index (χ1) is 15.3. The zero-order valence-corrected chi connectivity index (χ0v) is 18.4. The Balaban J connectivity index is 2.06. The van der Waals surface area contributed by atoms with Gasteiger partial charge in [-0.1, -0.05) is 41.0 Å². The van der Waals surface area contributed by atoms with Crippen molar-refractivity contribution in [3.63, 3.8) is 0 Å². The smallest absolute Gasteiger partial charge is 0.254 e. The molecule has 0 bridgehead atoms. The molecule has 0 radical (unpaired) electrons. The summed E-state index contributed by atoms with van der Waals surface area (Å²) in [6, 6.07) is 14.5. The minimum Gasteiger partial charge on any atom is -0.411 e. The SMILES string of the molecule is CCNC(=O)c1ccc(C(CC(=NO)c2ccc(=O)n(C)c2)c2ccccc2Cl)cc1F. The summed E-state index contributed by atoms with van der Waals surface area (Å²) in [6.07, 6.45) is 1.75. The number of halogens is 2. The first kappa shape index (κ1) is 23.2. The summed E-state index contributed by atoms with van der Waals surface area (Å²) in [5, 5.41) is 16.2. The molecule has 0 aliphatic heterocycles. The second kappa shape index (κ2) is 10.2. The lowest BCUT2D eigenvalue weighted by atomic mass is 9.85. The van der Waals surface area contributed by atoms with Gasteiger partial charge in [-0.3, -0.25) is 9.59 Å². The number of pyridine rings is 1. The lowest BCUT2D eigenvalue weighted by molar-refractivity contribution is 0.0952. The number of nitrogens with one attached hydrogen (secondary N) is 1. The molecule has 3 rings (SSSR count). The quantitative estimate of drug-likeness (QED) is 0.316. The molecule has 32 heavy (non-hydrogen) atoms. The molecule has 1 amide bonds. The summed E-state index contributed by atoms with van der Waals surface area (Å²) >= 11 is 6.44. The van der Waals surface area contributed by atoms with Crippen LogP contribution in [0.15, 0.2) is 70.7 Å². The van der Waals surface area contributed by atoms with Gasteiger partial charge in [0, 0.05) is 48.8 Å². The van der Waals surface area contributed by atoms with Crippen LogP contribution in [0.4, 0.5) is 4.39 Å². The number of rotatable bonds is 7. The van der Waals surface area contributed by atoms with Crippen LogP contribution in [0, 0.1) is 5.82 Å². The molecule has 166 valence electrons. The fourth-order valence-electron chi connectivity index (χ4n) is 3.53. The Morgan fingerprint density at radius 1 is 1.22 bits per heavy atom. The van der Waals surface area contributed by atoms with Crippen LogP contribution < -0.4 is 10.9 Å². The lowest BCUT2D eigenvalue weighted by Crippen LogP contribution is -2.24. The highest BCUT2D eigenvalue weighted by molar-refractivity contribution is 6.31. The molecule has 0 fully saturated rings. The van der Waals surface area contributed by atoms with Crippen LogP contribution in [0.2, 0.25) is 5.02 Å². The van der Waals surface area contributed by atoms with Gasteiger partial charge >= 0.3 is 0 Å². The van der Waals surface area contributed by atoms with Crippen molar-refractivity contribution in [2.45, 2.75) is 19.3 Å². The highest BCUT2D eigenvalue weighted by atomic mass is 35.5. The third kappa shape index (κ3) is 5.06. The van der Waals surface area contributed by atoms with E-state index >= 15 is 0 Å². The van der Waals surface area contributed by atoms with E-state index in [-0.39, 0.29) is 17.5 Å². The predicted molar refractivity (Wildman–Crippen MR) is 122 cm³/mol. The number of oxime groups is 1. The van der Waals surface area contributed by atoms with Crippen LogP contribution in [0.25, 0.3) is 0 Å². The molecule has 8 heteroatoms. The van der Waals surface area contributed by atoms with Gasteiger partial charge in [-0.05, 0) is 42.3 Å². The Hall–Kier alpha value is -3.45. The van der Waals surface area contributed by atoms with E-state index in [4.69, 9.17) is 11.6 Å². The van der Waals surface area contributed by atoms with Crippen molar-refractivity contribution in [2.75, 3.05) is 6.54 Å². The zero-order valence-electron chi connectivity index (χ0n) is 17.7. The monoisotopic (exact) mass is 455 g/mol. The molecule has 1 aromatic heterocycles.